The molecule has 4 N–H and O–H groups in total. The lowest BCUT2D eigenvalue weighted by molar-refractivity contribution is -0.181. The fourth-order valence-corrected chi connectivity index (χ4v) is 7.06. The number of carbonyl (C=O) groups is 6. The molecule has 2 unspecified atom stereocenters. The summed E-state index contributed by atoms with van der Waals surface area (Å²) in [6.45, 7) is 1.58. The van der Waals surface area contributed by atoms with Gasteiger partial charge in [-0.3, -0.25) is 33.7 Å². The van der Waals surface area contributed by atoms with Gasteiger partial charge < -0.3 is 20.7 Å². The van der Waals surface area contributed by atoms with Gasteiger partial charge in [0.05, 0.1) is 24.6 Å². The van der Waals surface area contributed by atoms with Crippen molar-refractivity contribution in [2.45, 2.75) is 31.4 Å². The molecule has 11 heteroatoms. The molecule has 2 aromatic carbocycles. The first kappa shape index (κ1) is 28.3. The van der Waals surface area contributed by atoms with Gasteiger partial charge in [0, 0.05) is 17.0 Å². The predicted octanol–water partition coefficient (Wildman–Crippen LogP) is 0.664. The highest BCUT2D eigenvalue weighted by atomic mass is 16.5. The summed E-state index contributed by atoms with van der Waals surface area (Å²) in [6, 6.07) is 5.27. The third-order valence-corrected chi connectivity index (χ3v) is 8.90. The number of aliphatic hydroxyl groups is 1. The van der Waals surface area contributed by atoms with Crippen LogP contribution >= 0.6 is 0 Å². The Morgan fingerprint density at radius 3 is 2.39 bits per heavy atom. The lowest BCUT2D eigenvalue weighted by Crippen LogP contribution is -2.74. The number of benzene rings is 2. The average Bonchev–Trinajstić information content (AvgIpc) is 2.91. The van der Waals surface area contributed by atoms with Crippen LogP contribution in [0.25, 0.3) is 11.1 Å². The van der Waals surface area contributed by atoms with Gasteiger partial charge in [-0.15, -0.1) is 0 Å². The number of hydrogen-bond acceptors (Lipinski definition) is 10. The Morgan fingerprint density at radius 1 is 1.12 bits per heavy atom. The van der Waals surface area contributed by atoms with Crippen molar-refractivity contribution in [1.82, 2.24) is 4.90 Å². The number of rotatable bonds is 5. The molecule has 1 amide bonds. The maximum Gasteiger partial charge on any atom is 0.235 e. The number of aromatic hydroxyl groups is 1. The summed E-state index contributed by atoms with van der Waals surface area (Å²) in [5, 5.41) is 22.8. The van der Waals surface area contributed by atoms with Gasteiger partial charge in [0.2, 0.25) is 5.91 Å². The van der Waals surface area contributed by atoms with Crippen LogP contribution in [0.2, 0.25) is 0 Å². The number of amides is 1. The number of Topliss-reactive ketones (excluding diaryl/α,β-unsaturated/α-hetero) is 4. The number of nitrogens with two attached hydrogens (primary N) is 1. The summed E-state index contributed by atoms with van der Waals surface area (Å²) in [4.78, 5) is 79.9. The molecule has 0 aromatic heterocycles. The van der Waals surface area contributed by atoms with E-state index in [4.69, 9.17) is 10.5 Å². The number of carbonyl (C=O) groups excluding carboxylic acids is 6. The minimum atomic E-state index is -2.79. The highest BCUT2D eigenvalue weighted by Gasteiger charge is 2.69. The molecular formula is C30H30N2O9. The fraction of sp³-hybridized carbons (Fsp3) is 0.400. The van der Waals surface area contributed by atoms with Crippen LogP contribution in [0, 0.1) is 30.6 Å². The van der Waals surface area contributed by atoms with Gasteiger partial charge in [-0.1, -0.05) is 0 Å². The van der Waals surface area contributed by atoms with E-state index in [0.29, 0.717) is 39.9 Å². The Hall–Kier alpha value is -4.22. The topological polar surface area (TPSA) is 181 Å². The molecule has 0 saturated heterocycles. The van der Waals surface area contributed by atoms with Gasteiger partial charge in [-0.05, 0) is 80.7 Å². The standard InChI is InChI=1S/C30H30N2O9/c1-12-7-15(16-8-13(11-33)5-6-19(16)41-4)17-9-14-10-18-23(32(2)3)26(36)22(29(31)39)28(38)30(18,40)27(37)20(14)25(35)21(17)24(12)34/h5-8,11,14,18,20,22-23,34,40H,9-10H2,1-4H3,(H2,31,39)/t14-,18-,20?,22?,23-,30-/m0/s1. The maximum absolute atomic E-state index is 14.1. The zero-order valence-electron chi connectivity index (χ0n) is 23.0. The van der Waals surface area contributed by atoms with Gasteiger partial charge >= 0.3 is 0 Å². The Balaban J connectivity index is 1.71. The quantitative estimate of drug-likeness (QED) is 0.346. The van der Waals surface area contributed by atoms with E-state index in [0.717, 1.165) is 0 Å². The van der Waals surface area contributed by atoms with Gasteiger partial charge in [0.15, 0.2) is 34.7 Å². The Labute approximate surface area is 235 Å². The zero-order valence-corrected chi connectivity index (χ0v) is 23.0. The number of nitrogens with zero attached hydrogens (tertiary/aromatic N) is 1. The first-order valence-corrected chi connectivity index (χ1v) is 13.1. The molecule has 0 bridgehead atoms. The van der Waals surface area contributed by atoms with E-state index in [2.05, 4.69) is 0 Å². The monoisotopic (exact) mass is 562 g/mol. The number of likely N-dealkylation sites (N-methyl/N-ethyl adjacent to an activating group) is 1. The van der Waals surface area contributed by atoms with Crippen LogP contribution in [0.4, 0.5) is 0 Å². The number of hydrogen-bond donors (Lipinski definition) is 3. The molecule has 0 radical (unpaired) electrons. The molecular weight excluding hydrogens is 532 g/mol. The molecule has 5 rings (SSSR count). The van der Waals surface area contributed by atoms with E-state index >= 15 is 0 Å². The van der Waals surface area contributed by atoms with Crippen molar-refractivity contribution in [3.8, 4) is 22.6 Å². The molecule has 0 spiro atoms. The third kappa shape index (κ3) is 3.86. The normalized spacial score (nSPS) is 29.1. The number of aldehydes is 1. The molecule has 214 valence electrons. The molecule has 41 heavy (non-hydrogen) atoms. The fourth-order valence-electron chi connectivity index (χ4n) is 7.06. The Bertz CT molecular complexity index is 1560. The lowest BCUT2D eigenvalue weighted by Gasteiger charge is -2.52. The van der Waals surface area contributed by atoms with Crippen LogP contribution in [-0.4, -0.2) is 83.3 Å². The van der Waals surface area contributed by atoms with Crippen molar-refractivity contribution < 1.29 is 43.7 Å². The number of aryl methyl sites for hydroxylation is 1. The Morgan fingerprint density at radius 2 is 1.80 bits per heavy atom. The number of ketones is 4. The molecule has 3 aliphatic carbocycles. The summed E-state index contributed by atoms with van der Waals surface area (Å²) in [5.74, 6) is -10.7. The van der Waals surface area contributed by atoms with Gasteiger partial charge in [0.25, 0.3) is 0 Å². The van der Waals surface area contributed by atoms with Crippen LogP contribution in [0.5, 0.6) is 11.5 Å². The molecule has 2 fully saturated rings. The highest BCUT2D eigenvalue weighted by Crippen LogP contribution is 2.52. The van der Waals surface area contributed by atoms with E-state index in [-0.39, 0.29) is 24.2 Å². The van der Waals surface area contributed by atoms with E-state index in [1.54, 1.807) is 31.2 Å². The van der Waals surface area contributed by atoms with Crippen LogP contribution in [0.1, 0.15) is 38.3 Å². The second kappa shape index (κ2) is 9.71. The van der Waals surface area contributed by atoms with Crippen LogP contribution in [0.3, 0.4) is 0 Å². The van der Waals surface area contributed by atoms with Crippen molar-refractivity contribution >= 4 is 35.3 Å². The summed E-state index contributed by atoms with van der Waals surface area (Å²) in [7, 11) is 4.51. The second-order valence-electron chi connectivity index (χ2n) is 11.3. The second-order valence-corrected chi connectivity index (χ2v) is 11.3. The van der Waals surface area contributed by atoms with Crippen molar-refractivity contribution in [2.24, 2.45) is 29.4 Å². The predicted molar refractivity (Wildman–Crippen MR) is 143 cm³/mol. The molecule has 6 atom stereocenters. The number of primary amides is 1. The van der Waals surface area contributed by atoms with Gasteiger partial charge in [-0.2, -0.15) is 0 Å². The number of methoxy groups -OCH3 is 1. The van der Waals surface area contributed by atoms with Crippen LogP contribution < -0.4 is 10.5 Å². The van der Waals surface area contributed by atoms with E-state index in [9.17, 15) is 39.0 Å². The van der Waals surface area contributed by atoms with Crippen molar-refractivity contribution in [3.63, 3.8) is 0 Å². The van der Waals surface area contributed by atoms with Crippen molar-refractivity contribution in [2.75, 3.05) is 21.2 Å². The first-order chi connectivity index (χ1) is 19.3. The first-order valence-electron chi connectivity index (χ1n) is 13.1. The number of fused-ring (bicyclic) bond motifs is 3. The largest absolute Gasteiger partial charge is 0.507 e. The van der Waals surface area contributed by atoms with Gasteiger partial charge in [0.1, 0.15) is 17.8 Å². The van der Waals surface area contributed by atoms with E-state index in [1.165, 1.54) is 26.1 Å². The zero-order chi connectivity index (χ0) is 30.1. The SMILES string of the molecule is COc1ccc(C=O)cc1-c1cc(C)c(O)c2c1C[C@H]1C[C@H]3[C@H](N(C)C)C(=O)C(C(N)=O)C(=O)[C@@]3(O)C(=O)C1C2=O. The van der Waals surface area contributed by atoms with Gasteiger partial charge in [-0.25, -0.2) is 0 Å². The molecule has 2 aromatic rings. The number of phenols is 1. The summed E-state index contributed by atoms with van der Waals surface area (Å²) in [5.41, 5.74) is 4.57. The molecule has 0 aliphatic heterocycles. The minimum absolute atomic E-state index is 0.0660. The minimum Gasteiger partial charge on any atom is -0.507 e. The summed E-state index contributed by atoms with van der Waals surface area (Å²) < 4.78 is 5.52. The smallest absolute Gasteiger partial charge is 0.235 e. The van der Waals surface area contributed by atoms with E-state index < -0.39 is 64.4 Å². The highest BCUT2D eigenvalue weighted by molar-refractivity contribution is 6.32. The summed E-state index contributed by atoms with van der Waals surface area (Å²) >= 11 is 0. The van der Waals surface area contributed by atoms with Crippen LogP contribution in [-0.2, 0) is 25.6 Å². The third-order valence-electron chi connectivity index (χ3n) is 8.90. The lowest BCUT2D eigenvalue weighted by atomic mass is 9.52. The van der Waals surface area contributed by atoms with Crippen LogP contribution in [0.15, 0.2) is 24.3 Å². The van der Waals surface area contributed by atoms with Crippen molar-refractivity contribution in [3.05, 3.63) is 46.5 Å². The van der Waals surface area contributed by atoms with Crippen molar-refractivity contribution in [1.29, 1.82) is 0 Å². The molecule has 11 nitrogen and oxygen atoms in total. The summed E-state index contributed by atoms with van der Waals surface area (Å²) in [6.07, 6.45) is 0.690. The van der Waals surface area contributed by atoms with E-state index in [1.807, 2.05) is 0 Å². The average molecular weight is 563 g/mol. The molecule has 0 heterocycles. The molecule has 3 aliphatic rings. The maximum atomic E-state index is 14.1. The Kier molecular flexibility index (Phi) is 6.70. The number of ether oxygens (including phenoxy) is 1. The number of phenolic OH excluding ortho intramolecular Hbond substituents is 1. The molecule has 2 saturated carbocycles.